The molecule has 11 atom stereocenters. The fourth-order valence-corrected chi connectivity index (χ4v) is 6.64. The van der Waals surface area contributed by atoms with Crippen LogP contribution >= 0.6 is 0 Å². The number of hydrogen-bond donors (Lipinski definition) is 4. The van der Waals surface area contributed by atoms with Crippen molar-refractivity contribution < 1.29 is 39.5 Å². The number of fused-ring (bicyclic) bond motifs is 2. The number of esters is 1. The van der Waals surface area contributed by atoms with Crippen LogP contribution in [0.5, 0.6) is 0 Å². The molecule has 0 amide bonds. The Balaban J connectivity index is 2.17. The second-order valence-corrected chi connectivity index (χ2v) is 12.9. The molecule has 0 aromatic heterocycles. The summed E-state index contributed by atoms with van der Waals surface area (Å²) in [5.74, 6) is -4.55. The van der Waals surface area contributed by atoms with E-state index in [-0.39, 0.29) is 23.5 Å². The van der Waals surface area contributed by atoms with Crippen molar-refractivity contribution >= 4 is 11.8 Å². The quantitative estimate of drug-likeness (QED) is 0.213. The SMILES string of the molecule is CC[C@@H]1C(=O)[C@@]2(C)C/C(C)=C/C[C@H]([C@H](C)[C@H](O)[C@H](C)C/C(C)=C/[C@H](C)[C@@H](O)[C@H](C)[C@@H](O)CC)OC(=O)C[C@]1(O)O2. The molecule has 0 aromatic carbocycles. The Hall–Kier alpha value is -1.58. The summed E-state index contributed by atoms with van der Waals surface area (Å²) in [5.41, 5.74) is 0.704. The van der Waals surface area contributed by atoms with Crippen LogP contribution < -0.4 is 0 Å². The molecule has 0 spiro atoms. The van der Waals surface area contributed by atoms with Gasteiger partial charge >= 0.3 is 5.97 Å². The van der Waals surface area contributed by atoms with Crippen molar-refractivity contribution in [1.29, 1.82) is 0 Å². The first kappa shape index (κ1) is 34.6. The summed E-state index contributed by atoms with van der Waals surface area (Å²) in [5, 5.41) is 43.3. The van der Waals surface area contributed by atoms with Gasteiger partial charge in [0.1, 0.15) is 18.1 Å². The highest BCUT2D eigenvalue weighted by Gasteiger charge is 2.60. The molecule has 0 aromatic rings. The van der Waals surface area contributed by atoms with Crippen LogP contribution in [0.3, 0.4) is 0 Å². The third-order valence-electron chi connectivity index (χ3n) is 9.19. The molecule has 0 saturated carbocycles. The number of aliphatic hydroxyl groups excluding tert-OH is 3. The molecule has 2 aliphatic heterocycles. The number of allylic oxidation sites excluding steroid dienone is 1. The number of cyclic esters (lactones) is 1. The molecule has 8 nitrogen and oxygen atoms in total. The van der Waals surface area contributed by atoms with E-state index in [1.807, 2.05) is 60.6 Å². The average molecular weight is 567 g/mol. The van der Waals surface area contributed by atoms with Crippen molar-refractivity contribution in [2.75, 3.05) is 0 Å². The third-order valence-corrected chi connectivity index (χ3v) is 9.19. The molecule has 2 rings (SSSR count). The molecule has 4 N–H and O–H groups in total. The highest BCUT2D eigenvalue weighted by Crippen LogP contribution is 2.45. The minimum atomic E-state index is -1.92. The zero-order chi connectivity index (χ0) is 30.6. The largest absolute Gasteiger partial charge is 0.461 e. The van der Waals surface area contributed by atoms with Gasteiger partial charge in [-0.3, -0.25) is 9.59 Å². The molecule has 8 heteroatoms. The van der Waals surface area contributed by atoms with E-state index in [0.717, 1.165) is 11.1 Å². The molecule has 2 bridgehead atoms. The van der Waals surface area contributed by atoms with E-state index >= 15 is 0 Å². The van der Waals surface area contributed by atoms with E-state index in [1.165, 1.54) is 0 Å². The maximum absolute atomic E-state index is 13.1. The first-order valence-electron chi connectivity index (χ1n) is 15.0. The lowest BCUT2D eigenvalue weighted by Crippen LogP contribution is -2.42. The van der Waals surface area contributed by atoms with Crippen molar-refractivity contribution in [2.24, 2.45) is 29.6 Å². The van der Waals surface area contributed by atoms with Gasteiger partial charge in [-0.25, -0.2) is 0 Å². The van der Waals surface area contributed by atoms with Gasteiger partial charge < -0.3 is 29.9 Å². The van der Waals surface area contributed by atoms with Gasteiger partial charge in [0.05, 0.1) is 24.2 Å². The summed E-state index contributed by atoms with van der Waals surface area (Å²) in [4.78, 5) is 26.1. The van der Waals surface area contributed by atoms with Gasteiger partial charge in [-0.15, -0.1) is 0 Å². The topological polar surface area (TPSA) is 134 Å². The number of rotatable bonds is 11. The van der Waals surface area contributed by atoms with Crippen molar-refractivity contribution in [3.05, 3.63) is 23.3 Å². The van der Waals surface area contributed by atoms with Crippen LogP contribution in [0.4, 0.5) is 0 Å². The lowest BCUT2D eigenvalue weighted by molar-refractivity contribution is -0.241. The number of carbonyl (C=O) groups is 2. The minimum absolute atomic E-state index is 0.152. The summed E-state index contributed by atoms with van der Waals surface area (Å²) in [6.07, 6.45) is 3.04. The Bertz CT molecular complexity index is 943. The standard InChI is InChI=1S/C32H54O8/c1-10-24-30(37)31(9)16-18(3)12-13-26(39-27(34)17-32(24,38)40-31)23(8)29(36)21(6)15-19(4)14-20(5)28(35)22(7)25(33)11-2/h12,14,20-26,28-29,33,35-36,38H,10-11,13,15-17H2,1-9H3/b18-12+,19-14+/t20-,21+,22+,23-,24+,25-,26+,28+,29+,31+,32-/m0/s1. The number of hydrogen-bond acceptors (Lipinski definition) is 8. The van der Waals surface area contributed by atoms with Gasteiger partial charge in [-0.05, 0) is 46.0 Å². The Labute approximate surface area is 240 Å². The predicted octanol–water partition coefficient (Wildman–Crippen LogP) is 4.47. The van der Waals surface area contributed by atoms with Gasteiger partial charge in [0.15, 0.2) is 11.6 Å². The number of ketones is 1. The van der Waals surface area contributed by atoms with Gasteiger partial charge in [0.25, 0.3) is 0 Å². The molecule has 230 valence electrons. The third kappa shape index (κ3) is 8.03. The number of ether oxygens (including phenoxy) is 2. The van der Waals surface area contributed by atoms with Crippen LogP contribution in [0.25, 0.3) is 0 Å². The van der Waals surface area contributed by atoms with Crippen LogP contribution in [-0.4, -0.2) is 68.0 Å². The van der Waals surface area contributed by atoms with E-state index in [1.54, 1.807) is 13.8 Å². The number of carbonyl (C=O) groups excluding carboxylic acids is 2. The van der Waals surface area contributed by atoms with E-state index in [2.05, 4.69) is 0 Å². The van der Waals surface area contributed by atoms with E-state index in [9.17, 15) is 30.0 Å². The molecular weight excluding hydrogens is 512 g/mol. The molecular formula is C32H54O8. The average Bonchev–Trinajstić information content (AvgIpc) is 3.05. The van der Waals surface area contributed by atoms with Crippen LogP contribution in [0.15, 0.2) is 23.3 Å². The Kier molecular flexibility index (Phi) is 12.2. The van der Waals surface area contributed by atoms with E-state index in [4.69, 9.17) is 9.47 Å². The first-order chi connectivity index (χ1) is 18.5. The van der Waals surface area contributed by atoms with Crippen molar-refractivity contribution in [1.82, 2.24) is 0 Å². The number of aliphatic hydroxyl groups is 4. The van der Waals surface area contributed by atoms with Crippen LogP contribution in [0.2, 0.25) is 0 Å². The van der Waals surface area contributed by atoms with Gasteiger partial charge in [0.2, 0.25) is 0 Å². The normalized spacial score (nSPS) is 34.9. The summed E-state index contributed by atoms with van der Waals surface area (Å²) in [6.45, 7) is 16.8. The molecule has 40 heavy (non-hydrogen) atoms. The summed E-state index contributed by atoms with van der Waals surface area (Å²) in [7, 11) is 0. The minimum Gasteiger partial charge on any atom is -0.461 e. The monoisotopic (exact) mass is 566 g/mol. The lowest BCUT2D eigenvalue weighted by atomic mass is 9.82. The van der Waals surface area contributed by atoms with E-state index in [0.29, 0.717) is 32.1 Å². The Morgan fingerprint density at radius 3 is 2.30 bits per heavy atom. The zero-order valence-corrected chi connectivity index (χ0v) is 26.0. The fraction of sp³-hybridized carbons (Fsp3) is 0.812. The van der Waals surface area contributed by atoms with Gasteiger partial charge in [-0.2, -0.15) is 0 Å². The highest BCUT2D eigenvalue weighted by molar-refractivity contribution is 5.93. The molecule has 1 saturated heterocycles. The molecule has 1 fully saturated rings. The molecule has 2 heterocycles. The second-order valence-electron chi connectivity index (χ2n) is 12.9. The summed E-state index contributed by atoms with van der Waals surface area (Å²) < 4.78 is 11.7. The van der Waals surface area contributed by atoms with Crippen LogP contribution in [0.1, 0.15) is 101 Å². The van der Waals surface area contributed by atoms with Crippen molar-refractivity contribution in [3.63, 3.8) is 0 Å². The van der Waals surface area contributed by atoms with Crippen LogP contribution in [-0.2, 0) is 19.1 Å². The maximum Gasteiger partial charge on any atom is 0.311 e. The maximum atomic E-state index is 13.1. The van der Waals surface area contributed by atoms with Crippen molar-refractivity contribution in [3.8, 4) is 0 Å². The number of Topliss-reactive ketones (excluding diaryl/α,β-unsaturated/α-hetero) is 1. The summed E-state index contributed by atoms with van der Waals surface area (Å²) >= 11 is 0. The molecule has 0 radical (unpaired) electrons. The van der Waals surface area contributed by atoms with Crippen molar-refractivity contribution in [2.45, 2.75) is 137 Å². The molecule has 2 aliphatic rings. The predicted molar refractivity (Wildman–Crippen MR) is 154 cm³/mol. The molecule has 0 aliphatic carbocycles. The highest BCUT2D eigenvalue weighted by atomic mass is 16.7. The van der Waals surface area contributed by atoms with E-state index < -0.39 is 60.0 Å². The van der Waals surface area contributed by atoms with Gasteiger partial charge in [0, 0.05) is 30.6 Å². The molecule has 0 unspecified atom stereocenters. The smallest absolute Gasteiger partial charge is 0.311 e. The summed E-state index contributed by atoms with van der Waals surface area (Å²) in [6, 6.07) is 0. The Morgan fingerprint density at radius 2 is 1.73 bits per heavy atom. The zero-order valence-electron chi connectivity index (χ0n) is 26.0. The second kappa shape index (κ2) is 14.1. The van der Waals surface area contributed by atoms with Crippen LogP contribution in [0, 0.1) is 29.6 Å². The first-order valence-corrected chi connectivity index (χ1v) is 15.0. The van der Waals surface area contributed by atoms with Gasteiger partial charge in [-0.1, -0.05) is 64.8 Å². The lowest BCUT2D eigenvalue weighted by Gasteiger charge is -2.32. The fourth-order valence-electron chi connectivity index (χ4n) is 6.64. The Morgan fingerprint density at radius 1 is 1.10 bits per heavy atom.